The lowest BCUT2D eigenvalue weighted by molar-refractivity contribution is -0.131. The minimum atomic E-state index is -0.917. The number of carboxylic acid groups (broad SMARTS) is 1. The van der Waals surface area contributed by atoms with Crippen LogP contribution in [0.3, 0.4) is 0 Å². The van der Waals surface area contributed by atoms with Crippen molar-refractivity contribution in [2.75, 3.05) is 38.1 Å². The van der Waals surface area contributed by atoms with Crippen LogP contribution in [-0.2, 0) is 4.79 Å². The molecule has 1 aliphatic rings. The summed E-state index contributed by atoms with van der Waals surface area (Å²) in [7, 11) is 2.06. The quantitative estimate of drug-likeness (QED) is 0.809. The molecule has 0 atom stereocenters. The van der Waals surface area contributed by atoms with Crippen molar-refractivity contribution in [2.45, 2.75) is 12.8 Å². The summed E-state index contributed by atoms with van der Waals surface area (Å²) in [5.41, 5.74) is 2.02. The lowest BCUT2D eigenvalue weighted by atomic mass is 10.1. The Kier molecular flexibility index (Phi) is 5.18. The van der Waals surface area contributed by atoms with E-state index in [0.717, 1.165) is 24.3 Å². The summed E-state index contributed by atoms with van der Waals surface area (Å²) in [4.78, 5) is 15.3. The van der Waals surface area contributed by atoms with Crippen LogP contribution in [0.15, 0.2) is 30.3 Å². The maximum absolute atomic E-state index is 10.6. The summed E-state index contributed by atoms with van der Waals surface area (Å²) in [5, 5.41) is 8.74. The fourth-order valence-electron chi connectivity index (χ4n) is 2.56. The van der Waals surface area contributed by atoms with Crippen LogP contribution in [0.5, 0.6) is 0 Å². The van der Waals surface area contributed by atoms with E-state index >= 15 is 0 Å². The lowest BCUT2D eigenvalue weighted by Gasteiger charge is -2.24. The number of benzene rings is 1. The number of likely N-dealkylation sites (tertiary alicyclic amines) is 1. The number of aliphatic carboxylic acids is 1. The number of carboxylic acids is 1. The van der Waals surface area contributed by atoms with Crippen LogP contribution >= 0.6 is 0 Å². The number of hydrogen-bond acceptors (Lipinski definition) is 3. The highest BCUT2D eigenvalue weighted by Crippen LogP contribution is 2.20. The molecular formula is C16H22N2O2. The van der Waals surface area contributed by atoms with Gasteiger partial charge in [-0.15, -0.1) is 0 Å². The molecule has 0 unspecified atom stereocenters. The number of rotatable bonds is 6. The average molecular weight is 274 g/mol. The molecule has 4 nitrogen and oxygen atoms in total. The molecule has 1 aliphatic heterocycles. The molecule has 0 saturated carbocycles. The zero-order chi connectivity index (χ0) is 14.4. The predicted molar refractivity (Wildman–Crippen MR) is 82.1 cm³/mol. The molecule has 0 bridgehead atoms. The second-order valence-electron chi connectivity index (χ2n) is 5.20. The Morgan fingerprint density at radius 2 is 2.05 bits per heavy atom. The molecule has 0 aliphatic carbocycles. The van der Waals surface area contributed by atoms with E-state index in [1.54, 1.807) is 6.08 Å². The standard InChI is InChI=1S/C16H22N2O2/c1-17(12-13-18-10-4-5-11-18)15-7-3-2-6-14(15)8-9-16(19)20/h2-3,6-9H,4-5,10-13H2,1H3,(H,19,20). The first-order chi connectivity index (χ1) is 9.66. The van der Waals surface area contributed by atoms with Gasteiger partial charge in [0.1, 0.15) is 0 Å². The molecule has 0 aromatic heterocycles. The monoisotopic (exact) mass is 274 g/mol. The second-order valence-corrected chi connectivity index (χ2v) is 5.20. The third kappa shape index (κ3) is 4.10. The van der Waals surface area contributed by atoms with E-state index in [1.807, 2.05) is 24.3 Å². The Hall–Kier alpha value is -1.81. The zero-order valence-electron chi connectivity index (χ0n) is 12.0. The molecule has 2 rings (SSSR count). The smallest absolute Gasteiger partial charge is 0.328 e. The number of anilines is 1. The molecule has 1 saturated heterocycles. The molecule has 108 valence electrons. The molecular weight excluding hydrogens is 252 g/mol. The molecule has 1 aromatic carbocycles. The molecule has 1 fully saturated rings. The maximum Gasteiger partial charge on any atom is 0.328 e. The maximum atomic E-state index is 10.6. The van der Waals surface area contributed by atoms with Crippen LogP contribution in [0.25, 0.3) is 6.08 Å². The number of para-hydroxylation sites is 1. The summed E-state index contributed by atoms with van der Waals surface area (Å²) in [6.45, 7) is 4.42. The molecule has 0 amide bonds. The fourth-order valence-corrected chi connectivity index (χ4v) is 2.56. The summed E-state index contributed by atoms with van der Waals surface area (Å²) in [6, 6.07) is 7.89. The minimum absolute atomic E-state index is 0.917. The summed E-state index contributed by atoms with van der Waals surface area (Å²) < 4.78 is 0. The van der Waals surface area contributed by atoms with E-state index < -0.39 is 5.97 Å². The molecule has 1 heterocycles. The lowest BCUT2D eigenvalue weighted by Crippen LogP contribution is -2.31. The van der Waals surface area contributed by atoms with Crippen molar-refractivity contribution in [3.8, 4) is 0 Å². The van der Waals surface area contributed by atoms with Crippen molar-refractivity contribution in [1.82, 2.24) is 4.90 Å². The summed E-state index contributed by atoms with van der Waals surface area (Å²) >= 11 is 0. The van der Waals surface area contributed by atoms with Gasteiger partial charge < -0.3 is 14.9 Å². The van der Waals surface area contributed by atoms with E-state index in [-0.39, 0.29) is 0 Å². The molecule has 1 aromatic rings. The molecule has 0 spiro atoms. The highest BCUT2D eigenvalue weighted by Gasteiger charge is 2.12. The van der Waals surface area contributed by atoms with Gasteiger partial charge in [-0.1, -0.05) is 18.2 Å². The Morgan fingerprint density at radius 1 is 1.35 bits per heavy atom. The van der Waals surface area contributed by atoms with Crippen molar-refractivity contribution in [3.63, 3.8) is 0 Å². The third-order valence-electron chi connectivity index (χ3n) is 3.70. The van der Waals surface area contributed by atoms with Gasteiger partial charge in [-0.2, -0.15) is 0 Å². The Labute approximate surface area is 120 Å². The third-order valence-corrected chi connectivity index (χ3v) is 3.70. The topological polar surface area (TPSA) is 43.8 Å². The second kappa shape index (κ2) is 7.10. The Balaban J connectivity index is 2.00. The van der Waals surface area contributed by atoms with Gasteiger partial charge in [0.25, 0.3) is 0 Å². The van der Waals surface area contributed by atoms with E-state index in [9.17, 15) is 4.79 Å². The van der Waals surface area contributed by atoms with E-state index in [2.05, 4.69) is 16.8 Å². The largest absolute Gasteiger partial charge is 0.478 e. The van der Waals surface area contributed by atoms with Crippen LogP contribution < -0.4 is 4.90 Å². The van der Waals surface area contributed by atoms with Gasteiger partial charge in [0.2, 0.25) is 0 Å². The van der Waals surface area contributed by atoms with E-state index in [1.165, 1.54) is 32.0 Å². The molecule has 4 heteroatoms. The van der Waals surface area contributed by atoms with Crippen LogP contribution in [0, 0.1) is 0 Å². The van der Waals surface area contributed by atoms with Gasteiger partial charge in [-0.05, 0) is 43.6 Å². The first-order valence-corrected chi connectivity index (χ1v) is 7.10. The van der Waals surface area contributed by atoms with Crippen LogP contribution in [0.4, 0.5) is 5.69 Å². The van der Waals surface area contributed by atoms with Gasteiger partial charge in [0, 0.05) is 31.9 Å². The predicted octanol–water partition coefficient (Wildman–Crippen LogP) is 2.32. The van der Waals surface area contributed by atoms with E-state index in [0.29, 0.717) is 0 Å². The SMILES string of the molecule is CN(CCN1CCCC1)c1ccccc1C=CC(=O)O. The number of hydrogen-bond donors (Lipinski definition) is 1. The highest BCUT2D eigenvalue weighted by atomic mass is 16.4. The minimum Gasteiger partial charge on any atom is -0.478 e. The van der Waals surface area contributed by atoms with Crippen molar-refractivity contribution in [3.05, 3.63) is 35.9 Å². The zero-order valence-corrected chi connectivity index (χ0v) is 12.0. The van der Waals surface area contributed by atoms with E-state index in [4.69, 9.17) is 5.11 Å². The summed E-state index contributed by atoms with van der Waals surface area (Å²) in [5.74, 6) is -0.917. The highest BCUT2D eigenvalue weighted by molar-refractivity contribution is 5.86. The molecule has 20 heavy (non-hydrogen) atoms. The first-order valence-electron chi connectivity index (χ1n) is 7.10. The summed E-state index contributed by atoms with van der Waals surface area (Å²) in [6.07, 6.45) is 5.46. The van der Waals surface area contributed by atoms with Gasteiger partial charge in [-0.3, -0.25) is 0 Å². The van der Waals surface area contributed by atoms with Gasteiger partial charge in [0.05, 0.1) is 0 Å². The van der Waals surface area contributed by atoms with Crippen molar-refractivity contribution < 1.29 is 9.90 Å². The average Bonchev–Trinajstić information content (AvgIpc) is 2.96. The number of nitrogens with zero attached hydrogens (tertiary/aromatic N) is 2. The van der Waals surface area contributed by atoms with Crippen molar-refractivity contribution in [2.24, 2.45) is 0 Å². The van der Waals surface area contributed by atoms with Crippen LogP contribution in [0.1, 0.15) is 18.4 Å². The number of likely N-dealkylation sites (N-methyl/N-ethyl adjacent to an activating group) is 1. The Morgan fingerprint density at radius 3 is 2.75 bits per heavy atom. The first kappa shape index (κ1) is 14.6. The van der Waals surface area contributed by atoms with Gasteiger partial charge in [-0.25, -0.2) is 4.79 Å². The molecule has 0 radical (unpaired) electrons. The number of carbonyl (C=O) groups is 1. The Bertz CT molecular complexity index is 479. The van der Waals surface area contributed by atoms with Crippen molar-refractivity contribution in [1.29, 1.82) is 0 Å². The fraction of sp³-hybridized carbons (Fsp3) is 0.438. The van der Waals surface area contributed by atoms with Gasteiger partial charge in [0.15, 0.2) is 0 Å². The molecule has 1 N–H and O–H groups in total. The van der Waals surface area contributed by atoms with Crippen molar-refractivity contribution >= 4 is 17.7 Å². The van der Waals surface area contributed by atoms with Crippen LogP contribution in [0.2, 0.25) is 0 Å². The van der Waals surface area contributed by atoms with Crippen LogP contribution in [-0.4, -0.2) is 49.2 Å². The van der Waals surface area contributed by atoms with Gasteiger partial charge >= 0.3 is 5.97 Å². The normalized spacial score (nSPS) is 15.8.